The molecule has 5 nitrogen and oxygen atoms in total. The molecule has 2 aromatic carbocycles. The van der Waals surface area contributed by atoms with Crippen molar-refractivity contribution in [3.8, 4) is 5.75 Å². The van der Waals surface area contributed by atoms with Crippen molar-refractivity contribution in [2.75, 3.05) is 13.7 Å². The lowest BCUT2D eigenvalue weighted by Crippen LogP contribution is -2.27. The van der Waals surface area contributed by atoms with Gasteiger partial charge >= 0.3 is 0 Å². The molecule has 0 aliphatic carbocycles. The first-order valence-electron chi connectivity index (χ1n) is 10.2. The van der Waals surface area contributed by atoms with E-state index in [4.69, 9.17) is 16.3 Å². The molecular formula is C25H24ClN3O2. The van der Waals surface area contributed by atoms with Crippen LogP contribution in [0.15, 0.2) is 79.1 Å². The molecule has 1 unspecified atom stereocenters. The maximum atomic E-state index is 12.9. The van der Waals surface area contributed by atoms with Crippen LogP contribution in [0.3, 0.4) is 0 Å². The predicted molar refractivity (Wildman–Crippen MR) is 123 cm³/mol. The average Bonchev–Trinajstić information content (AvgIpc) is 3.21. The molecule has 2 heterocycles. The van der Waals surface area contributed by atoms with Gasteiger partial charge in [0.1, 0.15) is 11.4 Å². The molecule has 31 heavy (non-hydrogen) atoms. The number of imidazole rings is 1. The second-order valence-electron chi connectivity index (χ2n) is 7.34. The number of fused-ring (bicyclic) bond motifs is 1. The van der Waals surface area contributed by atoms with Gasteiger partial charge < -0.3 is 14.5 Å². The van der Waals surface area contributed by atoms with Crippen LogP contribution < -0.4 is 10.1 Å². The Labute approximate surface area is 186 Å². The number of aromatic nitrogens is 2. The minimum atomic E-state index is -0.235. The van der Waals surface area contributed by atoms with Crippen molar-refractivity contribution in [1.82, 2.24) is 14.7 Å². The topological polar surface area (TPSA) is 55.6 Å². The standard InChI is InChI=1S/C25H24ClN3O2/c1-31-23-10-6-5-9-20(23)21(22-16-28-24-12-11-19(26)17-29(22)24)15-25(30)27-14-13-18-7-3-2-4-8-18/h2-12,16-17,21H,13-15H2,1H3,(H,27,30). The van der Waals surface area contributed by atoms with E-state index >= 15 is 0 Å². The summed E-state index contributed by atoms with van der Waals surface area (Å²) in [4.78, 5) is 17.4. The van der Waals surface area contributed by atoms with E-state index in [1.807, 2.05) is 65.2 Å². The van der Waals surface area contributed by atoms with Gasteiger partial charge in [-0.05, 0) is 30.2 Å². The molecule has 158 valence electrons. The van der Waals surface area contributed by atoms with E-state index in [0.717, 1.165) is 29.1 Å². The molecule has 0 saturated carbocycles. The van der Waals surface area contributed by atoms with E-state index in [9.17, 15) is 4.79 Å². The largest absolute Gasteiger partial charge is 0.496 e. The normalized spacial score (nSPS) is 11.9. The summed E-state index contributed by atoms with van der Waals surface area (Å²) in [6.07, 6.45) is 4.70. The summed E-state index contributed by atoms with van der Waals surface area (Å²) in [6.45, 7) is 0.584. The predicted octanol–water partition coefficient (Wildman–Crippen LogP) is 4.88. The number of rotatable bonds is 8. The fourth-order valence-corrected chi connectivity index (χ4v) is 3.97. The molecule has 6 heteroatoms. The minimum Gasteiger partial charge on any atom is -0.496 e. The lowest BCUT2D eigenvalue weighted by Gasteiger charge is -2.20. The molecule has 0 fully saturated rings. The molecule has 1 N–H and O–H groups in total. The van der Waals surface area contributed by atoms with Crippen molar-refractivity contribution in [2.24, 2.45) is 0 Å². The fraction of sp³-hybridized carbons (Fsp3) is 0.200. The summed E-state index contributed by atoms with van der Waals surface area (Å²) in [7, 11) is 1.64. The molecule has 4 aromatic rings. The first-order valence-corrected chi connectivity index (χ1v) is 10.6. The van der Waals surface area contributed by atoms with Crippen molar-refractivity contribution < 1.29 is 9.53 Å². The van der Waals surface area contributed by atoms with E-state index in [1.54, 1.807) is 13.3 Å². The van der Waals surface area contributed by atoms with E-state index in [-0.39, 0.29) is 18.2 Å². The molecule has 0 aliphatic rings. The number of hydrogen-bond acceptors (Lipinski definition) is 3. The van der Waals surface area contributed by atoms with Crippen LogP contribution >= 0.6 is 11.6 Å². The lowest BCUT2D eigenvalue weighted by molar-refractivity contribution is -0.121. The Kier molecular flexibility index (Phi) is 6.53. The van der Waals surface area contributed by atoms with Gasteiger partial charge in [0.25, 0.3) is 0 Å². The molecule has 4 rings (SSSR count). The Morgan fingerprint density at radius 1 is 1.10 bits per heavy atom. The quantitative estimate of drug-likeness (QED) is 0.431. The van der Waals surface area contributed by atoms with Crippen molar-refractivity contribution in [1.29, 1.82) is 0 Å². The third kappa shape index (κ3) is 4.89. The van der Waals surface area contributed by atoms with Crippen molar-refractivity contribution >= 4 is 23.2 Å². The Hall–Kier alpha value is -3.31. The number of para-hydroxylation sites is 1. The monoisotopic (exact) mass is 433 g/mol. The summed E-state index contributed by atoms with van der Waals surface area (Å²) in [5.41, 5.74) is 3.80. The highest BCUT2D eigenvalue weighted by Gasteiger charge is 2.24. The second-order valence-corrected chi connectivity index (χ2v) is 7.78. The van der Waals surface area contributed by atoms with Crippen molar-refractivity contribution in [3.05, 3.63) is 101 Å². The Bertz CT molecular complexity index is 1170. The summed E-state index contributed by atoms with van der Waals surface area (Å²) in [5.74, 6) is 0.478. The summed E-state index contributed by atoms with van der Waals surface area (Å²) in [5, 5.41) is 3.66. The smallest absolute Gasteiger partial charge is 0.221 e. The number of hydrogen-bond donors (Lipinski definition) is 1. The maximum Gasteiger partial charge on any atom is 0.221 e. The molecule has 0 aliphatic heterocycles. The first-order chi connectivity index (χ1) is 15.2. The van der Waals surface area contributed by atoms with Gasteiger partial charge in [-0.25, -0.2) is 4.98 Å². The third-order valence-corrected chi connectivity index (χ3v) is 5.56. The zero-order valence-electron chi connectivity index (χ0n) is 17.3. The number of halogens is 1. The number of benzene rings is 2. The molecule has 0 bridgehead atoms. The lowest BCUT2D eigenvalue weighted by atomic mass is 9.91. The minimum absolute atomic E-state index is 0.0242. The van der Waals surface area contributed by atoms with E-state index in [2.05, 4.69) is 22.4 Å². The van der Waals surface area contributed by atoms with Crippen molar-refractivity contribution in [2.45, 2.75) is 18.8 Å². The molecule has 1 amide bonds. The van der Waals surface area contributed by atoms with E-state index in [1.165, 1.54) is 5.56 Å². The zero-order valence-corrected chi connectivity index (χ0v) is 18.0. The van der Waals surface area contributed by atoms with Gasteiger partial charge in [-0.2, -0.15) is 0 Å². The van der Waals surface area contributed by atoms with Gasteiger partial charge in [-0.1, -0.05) is 60.1 Å². The first kappa shape index (κ1) is 20.9. The molecule has 0 spiro atoms. The van der Waals surface area contributed by atoms with Crippen LogP contribution in [0, 0.1) is 0 Å². The van der Waals surface area contributed by atoms with Crippen LogP contribution in [0.5, 0.6) is 5.75 Å². The zero-order chi connectivity index (χ0) is 21.6. The van der Waals surface area contributed by atoms with Gasteiger partial charge in [-0.3, -0.25) is 4.79 Å². The summed E-state index contributed by atoms with van der Waals surface area (Å²) in [6, 6.07) is 21.6. The second kappa shape index (κ2) is 9.67. The Morgan fingerprint density at radius 2 is 1.87 bits per heavy atom. The average molecular weight is 434 g/mol. The van der Waals surface area contributed by atoms with Crippen molar-refractivity contribution in [3.63, 3.8) is 0 Å². The molecular weight excluding hydrogens is 410 g/mol. The highest BCUT2D eigenvalue weighted by Crippen LogP contribution is 2.35. The van der Waals surface area contributed by atoms with Crippen LogP contribution in [-0.4, -0.2) is 28.9 Å². The highest BCUT2D eigenvalue weighted by atomic mass is 35.5. The third-order valence-electron chi connectivity index (χ3n) is 5.34. The number of nitrogens with one attached hydrogen (secondary N) is 1. The van der Waals surface area contributed by atoms with Gasteiger partial charge in [-0.15, -0.1) is 0 Å². The number of carbonyl (C=O) groups is 1. The number of pyridine rings is 1. The number of ether oxygens (including phenoxy) is 1. The summed E-state index contributed by atoms with van der Waals surface area (Å²) < 4.78 is 7.53. The Morgan fingerprint density at radius 3 is 2.68 bits per heavy atom. The summed E-state index contributed by atoms with van der Waals surface area (Å²) >= 11 is 6.24. The van der Waals surface area contributed by atoms with Crippen LogP contribution in [0.25, 0.3) is 5.65 Å². The van der Waals surface area contributed by atoms with Gasteiger partial charge in [0.05, 0.1) is 17.8 Å². The molecule has 1 atom stereocenters. The maximum absolute atomic E-state index is 12.9. The van der Waals surface area contributed by atoms with E-state index < -0.39 is 0 Å². The van der Waals surface area contributed by atoms with Crippen LogP contribution in [0.4, 0.5) is 0 Å². The SMILES string of the molecule is COc1ccccc1C(CC(=O)NCCc1ccccc1)c1cnc2ccc(Cl)cn12. The fourth-order valence-electron chi connectivity index (χ4n) is 3.81. The van der Waals surface area contributed by atoms with Gasteiger partial charge in [0.15, 0.2) is 0 Å². The van der Waals surface area contributed by atoms with Crippen LogP contribution in [0.2, 0.25) is 5.02 Å². The number of carbonyl (C=O) groups excluding carboxylic acids is 1. The molecule has 2 aromatic heterocycles. The van der Waals surface area contributed by atoms with Crippen LogP contribution in [-0.2, 0) is 11.2 Å². The number of methoxy groups -OCH3 is 1. The Balaban J connectivity index is 1.59. The van der Waals surface area contributed by atoms with E-state index in [0.29, 0.717) is 11.6 Å². The van der Waals surface area contributed by atoms with Crippen LogP contribution in [0.1, 0.15) is 29.2 Å². The van der Waals surface area contributed by atoms with Gasteiger partial charge in [0.2, 0.25) is 5.91 Å². The number of amides is 1. The highest BCUT2D eigenvalue weighted by molar-refractivity contribution is 6.30. The molecule has 0 saturated heterocycles. The van der Waals surface area contributed by atoms with Gasteiger partial charge in [0, 0.05) is 36.8 Å². The number of nitrogens with zero attached hydrogens (tertiary/aromatic N) is 2. The molecule has 0 radical (unpaired) electrons.